The second-order valence-corrected chi connectivity index (χ2v) is 4.02. The molecule has 0 N–H and O–H groups in total. The molecule has 4 heteroatoms. The lowest BCUT2D eigenvalue weighted by atomic mass is 9.97. The lowest BCUT2D eigenvalue weighted by molar-refractivity contribution is -0.141. The Morgan fingerprint density at radius 2 is 1.82 bits per heavy atom. The topological polar surface area (TPSA) is 43.4 Å². The monoisotopic (exact) mass is 238 g/mol. The minimum absolute atomic E-state index is 0.0833. The van der Waals surface area contributed by atoms with Crippen LogP contribution in [0, 0.1) is 11.7 Å². The molecule has 0 bridgehead atoms. The van der Waals surface area contributed by atoms with E-state index in [9.17, 15) is 14.0 Å². The molecule has 0 saturated carbocycles. The van der Waals surface area contributed by atoms with Crippen molar-refractivity contribution < 1.29 is 18.7 Å². The number of halogens is 1. The van der Waals surface area contributed by atoms with Crippen LogP contribution in [0.4, 0.5) is 4.39 Å². The van der Waals surface area contributed by atoms with Crippen LogP contribution >= 0.6 is 0 Å². The highest BCUT2D eigenvalue weighted by Gasteiger charge is 2.14. The van der Waals surface area contributed by atoms with Crippen LogP contribution in [0.2, 0.25) is 0 Å². The predicted molar refractivity (Wildman–Crippen MR) is 61.1 cm³/mol. The molecule has 0 aromatic heterocycles. The van der Waals surface area contributed by atoms with E-state index >= 15 is 0 Å². The van der Waals surface area contributed by atoms with Gasteiger partial charge in [0.25, 0.3) is 0 Å². The first kappa shape index (κ1) is 13.4. The average Bonchev–Trinajstić information content (AvgIpc) is 2.29. The Balaban J connectivity index is 2.54. The van der Waals surface area contributed by atoms with Gasteiger partial charge in [0, 0.05) is 18.4 Å². The molecule has 0 amide bonds. The van der Waals surface area contributed by atoms with Gasteiger partial charge in [0.15, 0.2) is 5.78 Å². The van der Waals surface area contributed by atoms with Crippen LogP contribution in [0.5, 0.6) is 0 Å². The maximum atomic E-state index is 12.7. The lowest BCUT2D eigenvalue weighted by Crippen LogP contribution is -2.11. The van der Waals surface area contributed by atoms with Crippen molar-refractivity contribution in [1.82, 2.24) is 0 Å². The molecule has 0 aliphatic carbocycles. The summed E-state index contributed by atoms with van der Waals surface area (Å²) in [4.78, 5) is 22.8. The Morgan fingerprint density at radius 3 is 2.35 bits per heavy atom. The van der Waals surface area contributed by atoms with Crippen LogP contribution in [0.25, 0.3) is 0 Å². The number of methoxy groups -OCH3 is 1. The Bertz CT molecular complexity index is 398. The number of benzene rings is 1. The van der Waals surface area contributed by atoms with Crippen LogP contribution < -0.4 is 0 Å². The van der Waals surface area contributed by atoms with Crippen molar-refractivity contribution in [3.63, 3.8) is 0 Å². The molecule has 0 spiro atoms. The van der Waals surface area contributed by atoms with Gasteiger partial charge in [-0.25, -0.2) is 4.39 Å². The van der Waals surface area contributed by atoms with Crippen LogP contribution in [0.15, 0.2) is 24.3 Å². The average molecular weight is 238 g/mol. The van der Waals surface area contributed by atoms with Gasteiger partial charge in [0.2, 0.25) is 0 Å². The minimum Gasteiger partial charge on any atom is -0.469 e. The highest BCUT2D eigenvalue weighted by Crippen LogP contribution is 2.14. The summed E-state index contributed by atoms with van der Waals surface area (Å²) < 4.78 is 17.2. The van der Waals surface area contributed by atoms with Crippen LogP contribution in [0.1, 0.15) is 30.1 Å². The van der Waals surface area contributed by atoms with E-state index < -0.39 is 0 Å². The fourth-order valence-electron chi connectivity index (χ4n) is 1.51. The van der Waals surface area contributed by atoms with Gasteiger partial charge in [-0.05, 0) is 30.2 Å². The maximum Gasteiger partial charge on any atom is 0.305 e. The van der Waals surface area contributed by atoms with Crippen molar-refractivity contribution in [3.8, 4) is 0 Å². The van der Waals surface area contributed by atoms with Crippen molar-refractivity contribution >= 4 is 11.8 Å². The van der Waals surface area contributed by atoms with Crippen LogP contribution in [0.3, 0.4) is 0 Å². The van der Waals surface area contributed by atoms with E-state index in [2.05, 4.69) is 4.74 Å². The van der Waals surface area contributed by atoms with Gasteiger partial charge in [0.05, 0.1) is 7.11 Å². The zero-order valence-electron chi connectivity index (χ0n) is 9.90. The predicted octanol–water partition coefficient (Wildman–Crippen LogP) is 2.60. The molecule has 17 heavy (non-hydrogen) atoms. The molecule has 0 aliphatic rings. The second-order valence-electron chi connectivity index (χ2n) is 4.02. The largest absolute Gasteiger partial charge is 0.469 e. The van der Waals surface area contributed by atoms with Crippen LogP contribution in [-0.4, -0.2) is 18.9 Å². The minimum atomic E-state index is -0.371. The van der Waals surface area contributed by atoms with E-state index in [-0.39, 0.29) is 36.3 Å². The van der Waals surface area contributed by atoms with Gasteiger partial charge in [-0.1, -0.05) is 6.92 Å². The molecule has 92 valence electrons. The summed E-state index contributed by atoms with van der Waals surface area (Å²) in [5.74, 6) is -0.880. The van der Waals surface area contributed by atoms with Crippen molar-refractivity contribution in [2.24, 2.45) is 5.92 Å². The Morgan fingerprint density at radius 1 is 1.24 bits per heavy atom. The van der Waals surface area contributed by atoms with Gasteiger partial charge >= 0.3 is 5.97 Å². The quantitative estimate of drug-likeness (QED) is 0.585. The SMILES string of the molecule is COC(=O)C[C@@H](C)CC(=O)c1ccc(F)cc1. The zero-order chi connectivity index (χ0) is 12.8. The molecular formula is C13H15FO3. The molecule has 0 fully saturated rings. The first-order chi connectivity index (χ1) is 8.02. The lowest BCUT2D eigenvalue weighted by Gasteiger charge is -2.08. The summed E-state index contributed by atoms with van der Waals surface area (Å²) in [6, 6.07) is 5.39. The van der Waals surface area contributed by atoms with E-state index in [1.165, 1.54) is 31.4 Å². The molecule has 0 radical (unpaired) electrons. The highest BCUT2D eigenvalue weighted by atomic mass is 19.1. The van der Waals surface area contributed by atoms with Crippen molar-refractivity contribution in [2.45, 2.75) is 19.8 Å². The summed E-state index contributed by atoms with van der Waals surface area (Å²) in [5.41, 5.74) is 0.461. The van der Waals surface area contributed by atoms with Crippen LogP contribution in [-0.2, 0) is 9.53 Å². The fourth-order valence-corrected chi connectivity index (χ4v) is 1.51. The third-order valence-electron chi connectivity index (χ3n) is 2.44. The number of hydrogen-bond acceptors (Lipinski definition) is 3. The van der Waals surface area contributed by atoms with E-state index in [0.717, 1.165) is 0 Å². The first-order valence-electron chi connectivity index (χ1n) is 5.38. The summed E-state index contributed by atoms with van der Waals surface area (Å²) in [6.07, 6.45) is 0.462. The number of Topliss-reactive ketones (excluding diaryl/α,β-unsaturated/α-hetero) is 1. The van der Waals surface area contributed by atoms with Gasteiger partial charge in [-0.15, -0.1) is 0 Å². The summed E-state index contributed by atoms with van der Waals surface area (Å²) in [7, 11) is 1.32. The summed E-state index contributed by atoms with van der Waals surface area (Å²) in [5, 5.41) is 0. The standard InChI is InChI=1S/C13H15FO3/c1-9(8-13(16)17-2)7-12(15)10-3-5-11(14)6-4-10/h3-6,9H,7-8H2,1-2H3/t9-/m0/s1. The molecular weight excluding hydrogens is 223 g/mol. The number of hydrogen-bond donors (Lipinski definition) is 0. The first-order valence-corrected chi connectivity index (χ1v) is 5.38. The highest BCUT2D eigenvalue weighted by molar-refractivity contribution is 5.96. The summed E-state index contributed by atoms with van der Waals surface area (Å²) in [6.45, 7) is 1.80. The molecule has 0 aliphatic heterocycles. The number of ether oxygens (including phenoxy) is 1. The van der Waals surface area contributed by atoms with Crippen molar-refractivity contribution in [2.75, 3.05) is 7.11 Å². The van der Waals surface area contributed by atoms with Crippen molar-refractivity contribution in [1.29, 1.82) is 0 Å². The van der Waals surface area contributed by atoms with Gasteiger partial charge in [0.1, 0.15) is 5.82 Å². The molecule has 1 aromatic carbocycles. The molecule has 0 saturated heterocycles. The third kappa shape index (κ3) is 4.34. The molecule has 1 atom stereocenters. The Hall–Kier alpha value is -1.71. The van der Waals surface area contributed by atoms with E-state index in [1.807, 2.05) is 0 Å². The smallest absolute Gasteiger partial charge is 0.305 e. The zero-order valence-corrected chi connectivity index (χ0v) is 9.90. The van der Waals surface area contributed by atoms with Gasteiger partial charge in [-0.2, -0.15) is 0 Å². The second kappa shape index (κ2) is 6.13. The van der Waals surface area contributed by atoms with E-state index in [1.54, 1.807) is 6.92 Å². The normalized spacial score (nSPS) is 11.9. The molecule has 3 nitrogen and oxygen atoms in total. The Labute approximate surface area is 99.6 Å². The number of carbonyl (C=O) groups is 2. The fraction of sp³-hybridized carbons (Fsp3) is 0.385. The van der Waals surface area contributed by atoms with Crippen molar-refractivity contribution in [3.05, 3.63) is 35.6 Å². The van der Waals surface area contributed by atoms with E-state index in [4.69, 9.17) is 0 Å². The number of esters is 1. The Kier molecular flexibility index (Phi) is 4.82. The number of ketones is 1. The molecule has 1 aromatic rings. The molecule has 0 unspecified atom stereocenters. The molecule has 1 rings (SSSR count). The van der Waals surface area contributed by atoms with Gasteiger partial charge < -0.3 is 4.74 Å². The summed E-state index contributed by atoms with van der Waals surface area (Å²) >= 11 is 0. The molecule has 0 heterocycles. The van der Waals surface area contributed by atoms with Gasteiger partial charge in [-0.3, -0.25) is 9.59 Å². The number of carbonyl (C=O) groups excluding carboxylic acids is 2. The number of rotatable bonds is 5. The third-order valence-corrected chi connectivity index (χ3v) is 2.44. The van der Waals surface area contributed by atoms with E-state index in [0.29, 0.717) is 5.56 Å². The maximum absolute atomic E-state index is 12.7.